The Morgan fingerprint density at radius 2 is 1.70 bits per heavy atom. The molecule has 4 aromatic carbocycles. The average Bonchev–Trinajstić information content (AvgIpc) is 3.82. The predicted molar refractivity (Wildman–Crippen MR) is 173 cm³/mol. The molecule has 0 saturated carbocycles. The molecule has 1 saturated heterocycles. The van der Waals surface area contributed by atoms with Crippen LogP contribution in [0.25, 0.3) is 11.4 Å². The molecule has 12 heteroatoms. The van der Waals surface area contributed by atoms with Gasteiger partial charge >= 0.3 is 0 Å². The van der Waals surface area contributed by atoms with E-state index in [0.29, 0.717) is 34.8 Å². The number of hydrogen-bond acceptors (Lipinski definition) is 8. The molecule has 5 aromatic rings. The maximum atomic E-state index is 13.7. The minimum absolute atomic E-state index is 0.131. The van der Waals surface area contributed by atoms with Crippen molar-refractivity contribution in [3.8, 4) is 11.4 Å². The number of tetrazole rings is 1. The van der Waals surface area contributed by atoms with E-state index in [-0.39, 0.29) is 30.7 Å². The van der Waals surface area contributed by atoms with Gasteiger partial charge in [-0.25, -0.2) is 0 Å². The number of carbonyl (C=O) groups excluding carboxylic acids is 3. The highest BCUT2D eigenvalue weighted by atomic mass is 16.5. The molecule has 3 amide bonds. The first-order valence-electron chi connectivity index (χ1n) is 15.1. The van der Waals surface area contributed by atoms with Gasteiger partial charge in [-0.05, 0) is 65.6 Å². The van der Waals surface area contributed by atoms with Gasteiger partial charge in [-0.15, -0.1) is 10.2 Å². The first kappa shape index (κ1) is 31.3. The lowest BCUT2D eigenvalue weighted by Crippen LogP contribution is -2.50. The highest BCUT2D eigenvalue weighted by molar-refractivity contribution is 6.01. The molecule has 1 aromatic heterocycles. The molecule has 4 N–H and O–H groups in total. The second-order valence-corrected chi connectivity index (χ2v) is 11.3. The highest BCUT2D eigenvalue weighted by Crippen LogP contribution is 2.28. The van der Waals surface area contributed by atoms with E-state index in [1.54, 1.807) is 48.2 Å². The fourth-order valence-corrected chi connectivity index (χ4v) is 5.58. The number of rotatable bonds is 10. The Hall–Kier alpha value is -5.72. The van der Waals surface area contributed by atoms with Crippen LogP contribution < -0.4 is 10.6 Å². The van der Waals surface area contributed by atoms with E-state index < -0.39 is 24.0 Å². The zero-order valence-electron chi connectivity index (χ0n) is 25.5. The minimum atomic E-state index is -1.62. The van der Waals surface area contributed by atoms with Crippen molar-refractivity contribution in [1.29, 1.82) is 0 Å². The lowest BCUT2D eigenvalue weighted by molar-refractivity contribution is -0.125. The summed E-state index contributed by atoms with van der Waals surface area (Å²) in [6.45, 7) is 2.30. The van der Waals surface area contributed by atoms with Crippen LogP contribution in [0.3, 0.4) is 0 Å². The van der Waals surface area contributed by atoms with Crippen molar-refractivity contribution in [2.24, 2.45) is 0 Å². The van der Waals surface area contributed by atoms with Crippen LogP contribution in [0.5, 0.6) is 0 Å². The van der Waals surface area contributed by atoms with E-state index in [1.807, 2.05) is 60.7 Å². The molecule has 6 rings (SSSR count). The fourth-order valence-electron chi connectivity index (χ4n) is 5.58. The SMILES string of the molecule is Cc1cc(C(=O)N[C@@H](Cc2ccccc2)[C@H](O)C(=O)Nc2cccc(-c3nn[nH]n3)c2)cc(C(=O)N2COC[C@@H]2c2ccccc2)c1. The largest absolute Gasteiger partial charge is 0.381 e. The zero-order valence-corrected chi connectivity index (χ0v) is 25.5. The maximum Gasteiger partial charge on any atom is 0.256 e. The van der Waals surface area contributed by atoms with Crippen molar-refractivity contribution >= 4 is 23.4 Å². The fraction of sp³-hybridized carbons (Fsp3) is 0.200. The van der Waals surface area contributed by atoms with Crippen LogP contribution in [0.4, 0.5) is 5.69 Å². The number of aliphatic hydroxyl groups is 1. The average molecular weight is 632 g/mol. The van der Waals surface area contributed by atoms with Crippen LogP contribution in [0.15, 0.2) is 103 Å². The van der Waals surface area contributed by atoms with Crippen LogP contribution in [-0.2, 0) is 16.0 Å². The summed E-state index contributed by atoms with van der Waals surface area (Å²) < 4.78 is 5.65. The summed E-state index contributed by atoms with van der Waals surface area (Å²) in [7, 11) is 0. The Kier molecular flexibility index (Phi) is 9.41. The molecule has 0 bridgehead atoms. The quantitative estimate of drug-likeness (QED) is 0.181. The molecular formula is C35H33N7O5. The van der Waals surface area contributed by atoms with Crippen molar-refractivity contribution in [2.75, 3.05) is 18.7 Å². The number of carbonyl (C=O) groups is 3. The van der Waals surface area contributed by atoms with E-state index in [1.165, 1.54) is 6.07 Å². The number of H-pyrrole nitrogens is 1. The number of anilines is 1. The maximum absolute atomic E-state index is 13.7. The van der Waals surface area contributed by atoms with E-state index in [0.717, 1.165) is 11.1 Å². The standard InChI is InChI=1S/C35H33N7O5/c1-22-15-26(18-27(16-22)35(46)42-21-47-20-30(42)24-11-6-3-7-12-24)33(44)37-29(17-23-9-4-2-5-10-23)31(43)34(45)36-28-14-8-13-25(19-28)32-38-40-41-39-32/h2-16,18-19,29-31,43H,17,20-21H2,1H3,(H,36,45)(H,37,44)(H,38,39,40,41)/t29-,30+,31-/m0/s1. The summed E-state index contributed by atoms with van der Waals surface area (Å²) in [6.07, 6.45) is -1.45. The van der Waals surface area contributed by atoms with E-state index in [4.69, 9.17) is 4.74 Å². The Labute approximate surface area is 270 Å². The molecular weight excluding hydrogens is 598 g/mol. The van der Waals surface area contributed by atoms with Gasteiger partial charge in [0, 0.05) is 22.4 Å². The number of hydrogen-bond donors (Lipinski definition) is 4. The topological polar surface area (TPSA) is 162 Å². The molecule has 1 aliphatic heterocycles. The van der Waals surface area contributed by atoms with Gasteiger partial charge < -0.3 is 25.4 Å². The van der Waals surface area contributed by atoms with Crippen molar-refractivity contribution in [2.45, 2.75) is 31.5 Å². The van der Waals surface area contributed by atoms with Gasteiger partial charge in [-0.1, -0.05) is 72.8 Å². The molecule has 0 spiro atoms. The van der Waals surface area contributed by atoms with Crippen molar-refractivity contribution < 1.29 is 24.2 Å². The third-order valence-corrected chi connectivity index (χ3v) is 7.91. The normalized spacial score (nSPS) is 15.5. The lowest BCUT2D eigenvalue weighted by atomic mass is 9.99. The summed E-state index contributed by atoms with van der Waals surface area (Å²) in [5.74, 6) is -1.17. The Morgan fingerprint density at radius 1 is 0.957 bits per heavy atom. The van der Waals surface area contributed by atoms with E-state index >= 15 is 0 Å². The van der Waals surface area contributed by atoms with Gasteiger partial charge in [0.15, 0.2) is 6.10 Å². The molecule has 0 aliphatic carbocycles. The van der Waals surface area contributed by atoms with Gasteiger partial charge in [0.05, 0.1) is 18.7 Å². The van der Waals surface area contributed by atoms with Gasteiger partial charge in [-0.3, -0.25) is 14.4 Å². The number of benzene rings is 4. The second-order valence-electron chi connectivity index (χ2n) is 11.3. The number of nitrogens with one attached hydrogen (secondary N) is 3. The van der Waals surface area contributed by atoms with E-state index in [9.17, 15) is 19.5 Å². The molecule has 238 valence electrons. The van der Waals surface area contributed by atoms with Crippen molar-refractivity contribution in [3.05, 3.63) is 131 Å². The number of nitrogens with zero attached hydrogens (tertiary/aromatic N) is 4. The van der Waals surface area contributed by atoms with Gasteiger partial charge in [0.2, 0.25) is 5.82 Å². The summed E-state index contributed by atoms with van der Waals surface area (Å²) in [5, 5.41) is 30.7. The van der Waals surface area contributed by atoms with Crippen LogP contribution in [-0.4, -0.2) is 73.8 Å². The number of aromatic amines is 1. The highest BCUT2D eigenvalue weighted by Gasteiger charge is 2.33. The first-order valence-corrected chi connectivity index (χ1v) is 15.1. The molecule has 0 unspecified atom stereocenters. The Balaban J connectivity index is 1.21. The van der Waals surface area contributed by atoms with Crippen molar-refractivity contribution in [3.63, 3.8) is 0 Å². The molecule has 1 fully saturated rings. The summed E-state index contributed by atoms with van der Waals surface area (Å²) in [6, 6.07) is 29.3. The first-order chi connectivity index (χ1) is 22.9. The minimum Gasteiger partial charge on any atom is -0.381 e. The van der Waals surface area contributed by atoms with Crippen LogP contribution in [0.1, 0.15) is 43.4 Å². The van der Waals surface area contributed by atoms with Crippen LogP contribution >= 0.6 is 0 Å². The number of ether oxygens (including phenoxy) is 1. The molecule has 12 nitrogen and oxygen atoms in total. The van der Waals surface area contributed by atoms with Gasteiger partial charge in [0.25, 0.3) is 17.7 Å². The Bertz CT molecular complexity index is 1850. The summed E-state index contributed by atoms with van der Waals surface area (Å²) >= 11 is 0. The van der Waals surface area contributed by atoms with Gasteiger partial charge in [-0.2, -0.15) is 5.21 Å². The van der Waals surface area contributed by atoms with Crippen LogP contribution in [0, 0.1) is 6.92 Å². The Morgan fingerprint density at radius 3 is 2.45 bits per heavy atom. The lowest BCUT2D eigenvalue weighted by Gasteiger charge is -2.25. The number of aliphatic hydroxyl groups excluding tert-OH is 1. The predicted octanol–water partition coefficient (Wildman–Crippen LogP) is 3.69. The molecule has 47 heavy (non-hydrogen) atoms. The van der Waals surface area contributed by atoms with E-state index in [2.05, 4.69) is 31.3 Å². The molecule has 1 aliphatic rings. The smallest absolute Gasteiger partial charge is 0.256 e. The molecule has 2 heterocycles. The number of aryl methyl sites for hydroxylation is 1. The number of aromatic nitrogens is 4. The zero-order chi connectivity index (χ0) is 32.8. The third kappa shape index (κ3) is 7.40. The monoisotopic (exact) mass is 631 g/mol. The third-order valence-electron chi connectivity index (χ3n) is 7.91. The van der Waals surface area contributed by atoms with Crippen LogP contribution in [0.2, 0.25) is 0 Å². The van der Waals surface area contributed by atoms with Gasteiger partial charge in [0.1, 0.15) is 6.73 Å². The second kappa shape index (κ2) is 14.1. The summed E-state index contributed by atoms with van der Waals surface area (Å²) in [5.41, 5.74) is 4.05. The summed E-state index contributed by atoms with van der Waals surface area (Å²) in [4.78, 5) is 42.4. The number of amides is 3. The molecule has 3 atom stereocenters. The van der Waals surface area contributed by atoms with Crippen molar-refractivity contribution in [1.82, 2.24) is 30.8 Å². The molecule has 0 radical (unpaired) electrons.